The second-order valence-corrected chi connectivity index (χ2v) is 7.69. The minimum atomic E-state index is 0.399. The Hall–Kier alpha value is -2.78. The van der Waals surface area contributed by atoms with E-state index < -0.39 is 0 Å². The molecule has 4 rings (SSSR count). The number of benzene rings is 1. The van der Waals surface area contributed by atoms with Gasteiger partial charge in [0.25, 0.3) is 0 Å². The first-order valence-corrected chi connectivity index (χ1v) is 10.2. The number of nitrogen functional groups attached to an aromatic ring is 1. The molecule has 1 aromatic carbocycles. The Morgan fingerprint density at radius 2 is 2.03 bits per heavy atom. The molecule has 9 heteroatoms. The lowest BCUT2D eigenvalue weighted by molar-refractivity contribution is 0.111. The average Bonchev–Trinajstić information content (AvgIpc) is 3.07. The summed E-state index contributed by atoms with van der Waals surface area (Å²) in [7, 11) is 2.19. The van der Waals surface area contributed by atoms with Gasteiger partial charge in [0.2, 0.25) is 0 Å². The molecule has 0 spiro atoms. The van der Waals surface area contributed by atoms with E-state index in [1.807, 2.05) is 0 Å². The van der Waals surface area contributed by atoms with Gasteiger partial charge in [-0.25, -0.2) is 9.97 Å². The first-order valence-electron chi connectivity index (χ1n) is 9.36. The van der Waals surface area contributed by atoms with Gasteiger partial charge in [0.05, 0.1) is 15.6 Å². The quantitative estimate of drug-likeness (QED) is 0.267. The maximum atomic E-state index is 11.0. The third-order valence-electron chi connectivity index (χ3n) is 4.76. The van der Waals surface area contributed by atoms with Gasteiger partial charge in [0.1, 0.15) is 17.8 Å². The van der Waals surface area contributed by atoms with Crippen LogP contribution in [0, 0.1) is 5.41 Å². The molecule has 0 saturated carbocycles. The summed E-state index contributed by atoms with van der Waals surface area (Å²) in [6.07, 6.45) is 7.58. The Morgan fingerprint density at radius 1 is 1.28 bits per heavy atom. The van der Waals surface area contributed by atoms with E-state index in [9.17, 15) is 4.79 Å². The van der Waals surface area contributed by atoms with Gasteiger partial charge in [0, 0.05) is 23.2 Å². The third-order valence-corrected chi connectivity index (χ3v) is 5.58. The zero-order chi connectivity index (χ0) is 20.8. The number of hydrogen-bond donors (Lipinski definition) is 4. The van der Waals surface area contributed by atoms with E-state index in [2.05, 4.69) is 48.1 Å². The number of nitrogens with one attached hydrogen (secondary N) is 3. The summed E-state index contributed by atoms with van der Waals surface area (Å²) in [5.74, 6) is 0.543. The highest BCUT2D eigenvalue weighted by molar-refractivity contribution is 9.10. The predicted molar refractivity (Wildman–Crippen MR) is 120 cm³/mol. The Labute approximate surface area is 177 Å². The van der Waals surface area contributed by atoms with E-state index in [0.29, 0.717) is 44.6 Å². The van der Waals surface area contributed by atoms with Crippen molar-refractivity contribution < 1.29 is 4.79 Å². The number of carbonyl (C=O) groups excluding carboxylic acids is 1. The number of rotatable bonds is 4. The van der Waals surface area contributed by atoms with Gasteiger partial charge in [-0.3, -0.25) is 4.79 Å². The number of likely N-dealkylation sites (tertiary alicyclic amines) is 1. The van der Waals surface area contributed by atoms with Crippen LogP contribution in [0.25, 0.3) is 11.0 Å². The summed E-state index contributed by atoms with van der Waals surface area (Å²) >= 11 is 3.38. The number of piperidine rings is 1. The summed E-state index contributed by atoms with van der Waals surface area (Å²) in [6.45, 7) is 2.64. The van der Waals surface area contributed by atoms with E-state index in [4.69, 9.17) is 11.1 Å². The molecule has 3 heterocycles. The van der Waals surface area contributed by atoms with Crippen LogP contribution >= 0.6 is 15.9 Å². The Bertz CT molecular complexity index is 1010. The number of H-pyrrole nitrogens is 1. The van der Waals surface area contributed by atoms with Crippen molar-refractivity contribution in [3.05, 3.63) is 40.3 Å². The van der Waals surface area contributed by atoms with Crippen LogP contribution in [0.1, 0.15) is 35.3 Å². The number of carbonyl (C=O) groups is 1. The lowest BCUT2D eigenvalue weighted by Crippen LogP contribution is -2.24. The molecule has 2 aromatic heterocycles. The summed E-state index contributed by atoms with van der Waals surface area (Å²) in [4.78, 5) is 24.6. The smallest absolute Gasteiger partial charge is 0.167 e. The molecule has 3 aromatic rings. The number of aromatic amines is 1. The lowest BCUT2D eigenvalue weighted by atomic mass is 10.1. The molecule has 8 nitrogen and oxygen atoms in total. The second kappa shape index (κ2) is 9.62. The molecule has 0 radical (unpaired) electrons. The van der Waals surface area contributed by atoms with Crippen LogP contribution in [-0.4, -0.2) is 52.5 Å². The van der Waals surface area contributed by atoms with Crippen LogP contribution in [0.3, 0.4) is 0 Å². The Balaban J connectivity index is 0.000000290. The maximum Gasteiger partial charge on any atom is 0.167 e. The first kappa shape index (κ1) is 20.9. The Morgan fingerprint density at radius 3 is 2.66 bits per heavy atom. The van der Waals surface area contributed by atoms with Crippen molar-refractivity contribution in [2.75, 3.05) is 31.2 Å². The summed E-state index contributed by atoms with van der Waals surface area (Å²) < 4.78 is 0.600. The van der Waals surface area contributed by atoms with Crippen LogP contribution in [0.15, 0.2) is 29.0 Å². The minimum Gasteiger partial charge on any atom is -0.398 e. The normalized spacial score (nSPS) is 14.1. The number of hydrogen-bond acceptors (Lipinski definition) is 7. The second-order valence-electron chi connectivity index (χ2n) is 6.89. The van der Waals surface area contributed by atoms with Gasteiger partial charge < -0.3 is 26.3 Å². The minimum absolute atomic E-state index is 0.399. The first-order chi connectivity index (χ1) is 14.0. The van der Waals surface area contributed by atoms with E-state index in [0.717, 1.165) is 5.69 Å². The Kier molecular flexibility index (Phi) is 6.95. The summed E-state index contributed by atoms with van der Waals surface area (Å²) in [5.41, 5.74) is 8.59. The number of anilines is 3. The largest absolute Gasteiger partial charge is 0.398 e. The number of aromatic nitrogens is 3. The van der Waals surface area contributed by atoms with E-state index in [1.165, 1.54) is 44.9 Å². The van der Waals surface area contributed by atoms with Crippen molar-refractivity contribution in [2.45, 2.75) is 19.3 Å². The zero-order valence-corrected chi connectivity index (χ0v) is 17.8. The van der Waals surface area contributed by atoms with E-state index in [-0.39, 0.29) is 0 Å². The predicted octanol–water partition coefficient (Wildman–Crippen LogP) is 3.96. The standard InChI is InChI=1S/C14H11BrN6O.C6H13N/c15-12-10(5-22)21-14-11(12)13(18-6-19-14)20-8-1-2-9(17)7(3-8)4-16;1-7-5-3-2-4-6-7/h1-6,16H,17H2,(H2,18,19,20,21);2-6H2,1H3. The molecule has 1 fully saturated rings. The molecule has 5 N–H and O–H groups in total. The number of aldehydes is 1. The highest BCUT2D eigenvalue weighted by atomic mass is 79.9. The van der Waals surface area contributed by atoms with Crippen molar-refractivity contribution in [1.29, 1.82) is 5.41 Å². The highest BCUT2D eigenvalue weighted by Crippen LogP contribution is 2.32. The van der Waals surface area contributed by atoms with Crippen molar-refractivity contribution in [1.82, 2.24) is 19.9 Å². The van der Waals surface area contributed by atoms with Crippen molar-refractivity contribution in [3.63, 3.8) is 0 Å². The maximum absolute atomic E-state index is 11.0. The average molecular weight is 458 g/mol. The van der Waals surface area contributed by atoms with Crippen LogP contribution in [-0.2, 0) is 0 Å². The van der Waals surface area contributed by atoms with E-state index in [1.54, 1.807) is 18.2 Å². The van der Waals surface area contributed by atoms with Gasteiger partial charge in [-0.1, -0.05) is 6.42 Å². The SMILES string of the molecule is CN1CCCCC1.N=Cc1cc(Nc2ncnc3[nH]c(C=O)c(Br)c23)ccc1N. The molecule has 1 saturated heterocycles. The van der Waals surface area contributed by atoms with E-state index >= 15 is 0 Å². The number of nitrogens with two attached hydrogens (primary N) is 1. The molecule has 29 heavy (non-hydrogen) atoms. The van der Waals surface area contributed by atoms with Crippen LogP contribution in [0.5, 0.6) is 0 Å². The molecule has 0 bridgehead atoms. The molecule has 0 amide bonds. The van der Waals surface area contributed by atoms with Gasteiger partial charge in [-0.05, 0) is 67.1 Å². The van der Waals surface area contributed by atoms with Gasteiger partial charge in [0.15, 0.2) is 6.29 Å². The number of nitrogens with zero attached hydrogens (tertiary/aromatic N) is 3. The zero-order valence-electron chi connectivity index (χ0n) is 16.2. The van der Waals surface area contributed by atoms with Gasteiger partial charge in [-0.2, -0.15) is 0 Å². The molecule has 0 unspecified atom stereocenters. The molecule has 0 aliphatic carbocycles. The number of halogens is 1. The monoisotopic (exact) mass is 457 g/mol. The van der Waals surface area contributed by atoms with Crippen LogP contribution < -0.4 is 11.1 Å². The van der Waals surface area contributed by atoms with Crippen molar-refractivity contribution in [3.8, 4) is 0 Å². The van der Waals surface area contributed by atoms with Gasteiger partial charge >= 0.3 is 0 Å². The van der Waals surface area contributed by atoms with Crippen LogP contribution in [0.4, 0.5) is 17.2 Å². The van der Waals surface area contributed by atoms with Crippen LogP contribution in [0.2, 0.25) is 0 Å². The molecule has 1 aliphatic rings. The number of fused-ring (bicyclic) bond motifs is 1. The van der Waals surface area contributed by atoms with Crippen molar-refractivity contribution in [2.24, 2.45) is 0 Å². The fourth-order valence-corrected chi connectivity index (χ4v) is 3.72. The molecular formula is C20H24BrN7O. The van der Waals surface area contributed by atoms with Crippen molar-refractivity contribution >= 4 is 56.7 Å². The molecule has 0 atom stereocenters. The molecule has 1 aliphatic heterocycles. The third kappa shape index (κ3) is 4.99. The lowest BCUT2D eigenvalue weighted by Gasteiger charge is -2.20. The molecule has 152 valence electrons. The highest BCUT2D eigenvalue weighted by Gasteiger charge is 2.14. The molecular weight excluding hydrogens is 434 g/mol. The fourth-order valence-electron chi connectivity index (χ4n) is 3.15. The topological polar surface area (TPSA) is 124 Å². The summed E-state index contributed by atoms with van der Waals surface area (Å²) in [5, 5.41) is 11.2. The van der Waals surface area contributed by atoms with Gasteiger partial charge in [-0.15, -0.1) is 0 Å². The summed E-state index contributed by atoms with van der Waals surface area (Å²) in [6, 6.07) is 5.25. The fraction of sp³-hybridized carbons (Fsp3) is 0.300.